The number of fused-ring (bicyclic) bond motifs is 1. The van der Waals surface area contributed by atoms with Gasteiger partial charge in [0, 0.05) is 26.1 Å². The molecule has 246 valence electrons. The van der Waals surface area contributed by atoms with Crippen LogP contribution >= 0.6 is 0 Å². The molecule has 1 saturated carbocycles. The van der Waals surface area contributed by atoms with Crippen molar-refractivity contribution >= 4 is 34.6 Å². The van der Waals surface area contributed by atoms with Crippen molar-refractivity contribution < 1.29 is 49.4 Å². The second-order valence-corrected chi connectivity index (χ2v) is 10.6. The van der Waals surface area contributed by atoms with Crippen LogP contribution in [0.1, 0.15) is 60.5 Å². The summed E-state index contributed by atoms with van der Waals surface area (Å²) in [4.78, 5) is 33.2. The van der Waals surface area contributed by atoms with Crippen LogP contribution < -0.4 is 20.7 Å². The van der Waals surface area contributed by atoms with Gasteiger partial charge in [0.1, 0.15) is 11.1 Å². The van der Waals surface area contributed by atoms with E-state index in [2.05, 4.69) is 25.9 Å². The molecule has 0 radical (unpaired) electrons. The summed E-state index contributed by atoms with van der Waals surface area (Å²) in [5, 5.41) is 7.78. The normalized spacial score (nSPS) is 17.4. The van der Waals surface area contributed by atoms with Crippen LogP contribution in [0.25, 0.3) is 11.2 Å². The smallest absolute Gasteiger partial charge is 0.418 e. The number of pyridine rings is 1. The first-order valence-electron chi connectivity index (χ1n) is 14.0. The number of carbonyl (C=O) groups excluding carboxylic acids is 2. The minimum absolute atomic E-state index is 0.00440. The molecule has 4 rings (SSSR count). The molecule has 9 nitrogen and oxygen atoms in total. The van der Waals surface area contributed by atoms with Crippen LogP contribution in [-0.4, -0.2) is 51.6 Å². The van der Waals surface area contributed by atoms with Crippen LogP contribution in [0.15, 0.2) is 24.3 Å². The van der Waals surface area contributed by atoms with Crippen molar-refractivity contribution in [2.75, 3.05) is 11.9 Å². The number of nitrogens with zero attached hydrogens (tertiary/aromatic N) is 3. The molecule has 0 saturated heterocycles. The number of imidazole rings is 1. The van der Waals surface area contributed by atoms with Gasteiger partial charge >= 0.3 is 12.4 Å². The molecule has 0 spiro atoms. The maximum Gasteiger partial charge on any atom is 0.418 e. The number of carbonyl (C=O) groups is 2. The van der Waals surface area contributed by atoms with E-state index in [4.69, 9.17) is 4.74 Å². The van der Waals surface area contributed by atoms with Gasteiger partial charge in [0.15, 0.2) is 12.3 Å². The highest BCUT2D eigenvalue weighted by atomic mass is 19.4. The molecule has 17 heteroatoms. The molecule has 3 aromatic rings. The first kappa shape index (κ1) is 33.7. The van der Waals surface area contributed by atoms with Crippen molar-refractivity contribution in [1.82, 2.24) is 25.2 Å². The fraction of sp³-hybridized carbons (Fsp3) is 0.500. The lowest BCUT2D eigenvalue weighted by Gasteiger charge is -2.30. The Bertz CT molecular complexity index is 1530. The van der Waals surface area contributed by atoms with Crippen molar-refractivity contribution in [2.24, 2.45) is 13.0 Å². The zero-order valence-corrected chi connectivity index (χ0v) is 24.1. The SMILES string of the molecule is CCC(=O)NCc1ccc(C(F)(F)F)c(Nc2nc3cc(C(=O)N[C@H]4CC[C@H](C(F)(F)F)CC4)c(OCC(F)F)nc3n2C)c1. The molecule has 0 unspecified atom stereocenters. The van der Waals surface area contributed by atoms with Gasteiger partial charge in [0.25, 0.3) is 12.3 Å². The molecule has 45 heavy (non-hydrogen) atoms. The van der Waals surface area contributed by atoms with E-state index < -0.39 is 60.4 Å². The third kappa shape index (κ3) is 8.30. The molecular formula is C28H30F8N6O3. The third-order valence-corrected chi connectivity index (χ3v) is 7.37. The number of anilines is 2. The monoisotopic (exact) mass is 650 g/mol. The minimum atomic E-state index is -4.77. The Morgan fingerprint density at radius 3 is 2.33 bits per heavy atom. The highest BCUT2D eigenvalue weighted by molar-refractivity contribution is 5.99. The van der Waals surface area contributed by atoms with Gasteiger partial charge in [0.2, 0.25) is 17.7 Å². The Hall–Kier alpha value is -4.18. The quantitative estimate of drug-likeness (QED) is 0.224. The summed E-state index contributed by atoms with van der Waals surface area (Å²) in [6.07, 6.45) is -12.2. The van der Waals surface area contributed by atoms with Crippen molar-refractivity contribution in [3.05, 3.63) is 41.0 Å². The molecule has 2 aromatic heterocycles. The molecule has 2 heterocycles. The van der Waals surface area contributed by atoms with Crippen LogP contribution in [0, 0.1) is 5.92 Å². The van der Waals surface area contributed by atoms with Crippen LogP contribution in [0.5, 0.6) is 5.88 Å². The zero-order chi connectivity index (χ0) is 33.1. The molecule has 1 aliphatic carbocycles. The van der Waals surface area contributed by atoms with E-state index in [1.165, 1.54) is 23.7 Å². The molecule has 0 atom stereocenters. The third-order valence-electron chi connectivity index (χ3n) is 7.37. The fourth-order valence-corrected chi connectivity index (χ4v) is 4.95. The van der Waals surface area contributed by atoms with E-state index in [0.29, 0.717) is 5.56 Å². The van der Waals surface area contributed by atoms with Gasteiger partial charge in [0.05, 0.1) is 17.2 Å². The van der Waals surface area contributed by atoms with Gasteiger partial charge in [-0.05, 0) is 49.4 Å². The van der Waals surface area contributed by atoms with Crippen molar-refractivity contribution in [3.8, 4) is 5.88 Å². The lowest BCUT2D eigenvalue weighted by atomic mass is 9.85. The Kier molecular flexibility index (Phi) is 10.1. The molecular weight excluding hydrogens is 620 g/mol. The molecule has 1 aliphatic rings. The van der Waals surface area contributed by atoms with Crippen LogP contribution in [0.3, 0.4) is 0 Å². The van der Waals surface area contributed by atoms with Gasteiger partial charge in [-0.3, -0.25) is 14.2 Å². The maximum atomic E-state index is 13.8. The molecule has 1 aromatic carbocycles. The first-order valence-corrected chi connectivity index (χ1v) is 14.0. The van der Waals surface area contributed by atoms with Crippen LogP contribution in [0.4, 0.5) is 46.8 Å². The highest BCUT2D eigenvalue weighted by Gasteiger charge is 2.41. The first-order chi connectivity index (χ1) is 21.1. The number of amides is 2. The number of alkyl halides is 8. The van der Waals surface area contributed by atoms with Gasteiger partial charge in [-0.2, -0.15) is 31.3 Å². The molecule has 1 fully saturated rings. The minimum Gasteiger partial charge on any atom is -0.471 e. The number of halogens is 8. The van der Waals surface area contributed by atoms with Crippen molar-refractivity contribution in [2.45, 2.75) is 70.4 Å². The Morgan fingerprint density at radius 1 is 1.04 bits per heavy atom. The predicted molar refractivity (Wildman–Crippen MR) is 146 cm³/mol. The maximum absolute atomic E-state index is 13.8. The summed E-state index contributed by atoms with van der Waals surface area (Å²) in [5.74, 6) is -3.29. The van der Waals surface area contributed by atoms with E-state index in [-0.39, 0.29) is 67.2 Å². The van der Waals surface area contributed by atoms with E-state index >= 15 is 0 Å². The largest absolute Gasteiger partial charge is 0.471 e. The van der Waals surface area contributed by atoms with E-state index in [0.717, 1.165) is 12.1 Å². The molecule has 2 amide bonds. The lowest BCUT2D eigenvalue weighted by Crippen LogP contribution is -2.40. The molecule has 0 bridgehead atoms. The lowest BCUT2D eigenvalue weighted by molar-refractivity contribution is -0.182. The standard InChI is InChI=1S/C28H30F8N6O3/c1-3-22(43)37-12-14-4-9-18(28(34,35)36)19(10-14)39-26-40-20-11-17(25(45-13-21(29)30)41-23(20)42(26)2)24(44)38-16-7-5-15(6-8-16)27(31,32)33/h4,9-11,15-16,21H,3,5-8,12-13H2,1-2H3,(H,37,43)(H,38,44)(H,39,40)/t15-,16-. The number of ether oxygens (including phenoxy) is 1. The number of hydrogen-bond donors (Lipinski definition) is 3. The summed E-state index contributed by atoms with van der Waals surface area (Å²) < 4.78 is 113. The van der Waals surface area contributed by atoms with E-state index in [1.54, 1.807) is 6.92 Å². The van der Waals surface area contributed by atoms with Gasteiger partial charge in [-0.15, -0.1) is 0 Å². The highest BCUT2D eigenvalue weighted by Crippen LogP contribution is 2.39. The van der Waals surface area contributed by atoms with Crippen LogP contribution in [-0.2, 0) is 24.6 Å². The van der Waals surface area contributed by atoms with Crippen molar-refractivity contribution in [3.63, 3.8) is 0 Å². The topological polar surface area (TPSA) is 110 Å². The average Bonchev–Trinajstić information content (AvgIpc) is 3.27. The fourth-order valence-electron chi connectivity index (χ4n) is 4.95. The number of hydrogen-bond acceptors (Lipinski definition) is 6. The summed E-state index contributed by atoms with van der Waals surface area (Å²) in [5.41, 5.74) is -1.43. The molecule has 0 aliphatic heterocycles. The number of benzene rings is 1. The van der Waals surface area contributed by atoms with Gasteiger partial charge < -0.3 is 20.7 Å². The summed E-state index contributed by atoms with van der Waals surface area (Å²) >= 11 is 0. The van der Waals surface area contributed by atoms with Crippen LogP contribution in [0.2, 0.25) is 0 Å². The number of nitrogens with one attached hydrogen (secondary N) is 3. The summed E-state index contributed by atoms with van der Waals surface area (Å²) in [6.45, 7) is 0.454. The Balaban J connectivity index is 1.65. The number of aromatic nitrogens is 3. The summed E-state index contributed by atoms with van der Waals surface area (Å²) in [7, 11) is 1.39. The van der Waals surface area contributed by atoms with Gasteiger partial charge in [-0.1, -0.05) is 13.0 Å². The number of rotatable bonds is 10. The van der Waals surface area contributed by atoms with Crippen molar-refractivity contribution in [1.29, 1.82) is 0 Å². The second-order valence-electron chi connectivity index (χ2n) is 10.6. The molecule has 3 N–H and O–H groups in total. The Labute approximate surface area is 251 Å². The van der Waals surface area contributed by atoms with E-state index in [9.17, 15) is 44.7 Å². The predicted octanol–water partition coefficient (Wildman–Crippen LogP) is 6.25. The van der Waals surface area contributed by atoms with E-state index in [1.807, 2.05) is 0 Å². The number of aryl methyl sites for hydroxylation is 1. The summed E-state index contributed by atoms with van der Waals surface area (Å²) in [6, 6.07) is 3.79. The average molecular weight is 651 g/mol. The zero-order valence-electron chi connectivity index (χ0n) is 24.1. The Morgan fingerprint density at radius 2 is 1.73 bits per heavy atom. The second kappa shape index (κ2) is 13.4. The van der Waals surface area contributed by atoms with Gasteiger partial charge in [-0.25, -0.2) is 13.8 Å².